The van der Waals surface area contributed by atoms with Crippen LogP contribution in [0.5, 0.6) is 0 Å². The predicted octanol–water partition coefficient (Wildman–Crippen LogP) is 4.15. The third-order valence-electron chi connectivity index (χ3n) is 3.24. The summed E-state index contributed by atoms with van der Waals surface area (Å²) >= 11 is 6.92. The van der Waals surface area contributed by atoms with E-state index >= 15 is 0 Å². The quantitative estimate of drug-likeness (QED) is 0.730. The minimum absolute atomic E-state index is 0.596. The molecule has 0 spiro atoms. The Balaban J connectivity index is 1.81. The van der Waals surface area contributed by atoms with Gasteiger partial charge in [0.25, 0.3) is 0 Å². The Morgan fingerprint density at radius 3 is 2.50 bits per heavy atom. The van der Waals surface area contributed by atoms with Crippen molar-refractivity contribution >= 4 is 29.7 Å². The number of rotatable bonds is 4. The maximum Gasteiger partial charge on any atom is 0.199 e. The number of aromatic amines is 1. The number of benzene rings is 2. The van der Waals surface area contributed by atoms with Crippen molar-refractivity contribution in [1.29, 1.82) is 0 Å². The van der Waals surface area contributed by atoms with E-state index in [2.05, 4.69) is 51.5 Å². The second-order valence-corrected chi connectivity index (χ2v) is 6.55. The zero-order valence-electron chi connectivity index (χ0n) is 12.4. The molecule has 4 nitrogen and oxygen atoms in total. The molecule has 1 N–H and O–H groups in total. The fourth-order valence-corrected chi connectivity index (χ4v) is 3.14. The first kappa shape index (κ1) is 14.9. The summed E-state index contributed by atoms with van der Waals surface area (Å²) < 4.78 is 2.44. The smallest absolute Gasteiger partial charge is 0.199 e. The molecule has 0 bridgehead atoms. The van der Waals surface area contributed by atoms with Crippen molar-refractivity contribution in [3.63, 3.8) is 0 Å². The number of nitrogens with zero attached hydrogens (tertiary/aromatic N) is 3. The van der Waals surface area contributed by atoms with E-state index < -0.39 is 0 Å². The van der Waals surface area contributed by atoms with Crippen molar-refractivity contribution in [2.45, 2.75) is 9.79 Å². The highest BCUT2D eigenvalue weighted by Crippen LogP contribution is 2.30. The maximum absolute atomic E-state index is 5.18. The molecule has 1 aromatic heterocycles. The number of nitrogens with one attached hydrogen (secondary N) is 1. The first-order valence-electron chi connectivity index (χ1n) is 6.81. The maximum atomic E-state index is 5.18. The number of H-pyrrole nitrogens is 1. The molecule has 1 heterocycles. The molecule has 2 aromatic carbocycles. The number of anilines is 1. The second-order valence-electron chi connectivity index (χ2n) is 5.02. The van der Waals surface area contributed by atoms with Crippen LogP contribution in [0.3, 0.4) is 0 Å². The lowest BCUT2D eigenvalue weighted by molar-refractivity contribution is 1.03. The molecular weight excluding hydrogens is 312 g/mol. The third kappa shape index (κ3) is 3.23. The number of hydrogen-bond donors (Lipinski definition) is 1. The molecule has 0 fully saturated rings. The summed E-state index contributed by atoms with van der Waals surface area (Å²) in [6, 6.07) is 16.8. The molecule has 0 atom stereocenters. The van der Waals surface area contributed by atoms with Crippen molar-refractivity contribution in [3.8, 4) is 5.69 Å². The van der Waals surface area contributed by atoms with Gasteiger partial charge in [-0.2, -0.15) is 5.10 Å². The molecule has 22 heavy (non-hydrogen) atoms. The largest absolute Gasteiger partial charge is 0.378 e. The van der Waals surface area contributed by atoms with E-state index in [1.807, 2.05) is 30.8 Å². The van der Waals surface area contributed by atoms with Crippen LogP contribution >= 0.6 is 24.0 Å². The summed E-state index contributed by atoms with van der Waals surface area (Å²) in [4.78, 5) is 4.52. The van der Waals surface area contributed by atoms with Gasteiger partial charge in [0, 0.05) is 35.3 Å². The van der Waals surface area contributed by atoms with Gasteiger partial charge in [-0.15, -0.1) is 0 Å². The van der Waals surface area contributed by atoms with Crippen LogP contribution in [0.25, 0.3) is 5.69 Å². The topological polar surface area (TPSA) is 36.9 Å². The minimum Gasteiger partial charge on any atom is -0.378 e. The lowest BCUT2D eigenvalue weighted by Crippen LogP contribution is -2.08. The molecule has 0 saturated carbocycles. The molecule has 6 heteroatoms. The van der Waals surface area contributed by atoms with Gasteiger partial charge in [-0.3, -0.25) is 9.67 Å². The van der Waals surface area contributed by atoms with Gasteiger partial charge in [0.2, 0.25) is 0 Å². The van der Waals surface area contributed by atoms with Crippen LogP contribution in [0.4, 0.5) is 5.69 Å². The molecule has 0 radical (unpaired) electrons. The Kier molecular flexibility index (Phi) is 4.31. The van der Waals surface area contributed by atoms with Gasteiger partial charge < -0.3 is 4.90 Å². The summed E-state index contributed by atoms with van der Waals surface area (Å²) in [5.41, 5.74) is 2.21. The van der Waals surface area contributed by atoms with Gasteiger partial charge in [-0.25, -0.2) is 0 Å². The molecule has 0 unspecified atom stereocenters. The molecular formula is C16H16N4S2. The zero-order valence-corrected chi connectivity index (χ0v) is 14.0. The number of aromatic nitrogens is 3. The van der Waals surface area contributed by atoms with Crippen molar-refractivity contribution in [3.05, 3.63) is 59.6 Å². The Bertz CT molecular complexity index is 818. The summed E-state index contributed by atoms with van der Waals surface area (Å²) in [5, 5.41) is 6.69. The normalized spacial score (nSPS) is 10.6. The van der Waals surface area contributed by atoms with Gasteiger partial charge in [0.05, 0.1) is 0 Å². The molecule has 0 amide bonds. The third-order valence-corrected chi connectivity index (χ3v) is 4.52. The predicted molar refractivity (Wildman–Crippen MR) is 93.6 cm³/mol. The number of hydrogen-bond acceptors (Lipinski definition) is 4. The first-order valence-corrected chi connectivity index (χ1v) is 8.04. The molecule has 0 aliphatic rings. The Labute approximate surface area is 138 Å². The summed E-state index contributed by atoms with van der Waals surface area (Å²) in [5.74, 6) is 0. The van der Waals surface area contributed by atoms with Crippen LogP contribution in [-0.2, 0) is 0 Å². The van der Waals surface area contributed by atoms with Crippen LogP contribution in [0.15, 0.2) is 64.6 Å². The van der Waals surface area contributed by atoms with Gasteiger partial charge in [0.15, 0.2) is 4.77 Å². The summed E-state index contributed by atoms with van der Waals surface area (Å²) in [6.45, 7) is 0. The van der Waals surface area contributed by atoms with E-state index in [1.165, 1.54) is 15.5 Å². The van der Waals surface area contributed by atoms with Gasteiger partial charge in [-0.05, 0) is 54.7 Å². The van der Waals surface area contributed by atoms with Crippen molar-refractivity contribution < 1.29 is 0 Å². The first-order chi connectivity index (χ1) is 10.6. The van der Waals surface area contributed by atoms with Crippen LogP contribution in [0.2, 0.25) is 0 Å². The molecule has 112 valence electrons. The van der Waals surface area contributed by atoms with Crippen LogP contribution in [0, 0.1) is 4.77 Å². The van der Waals surface area contributed by atoms with Crippen LogP contribution in [-0.4, -0.2) is 28.9 Å². The molecule has 0 aliphatic heterocycles. The highest BCUT2D eigenvalue weighted by molar-refractivity contribution is 7.99. The van der Waals surface area contributed by atoms with Gasteiger partial charge in [-0.1, -0.05) is 17.8 Å². The Morgan fingerprint density at radius 1 is 1.09 bits per heavy atom. The SMILES string of the molecule is CN(C)c1cccc(Sc2ccc(-n3cn[nH]c3=S)cc2)c1. The fraction of sp³-hybridized carbons (Fsp3) is 0.125. The van der Waals surface area contributed by atoms with Crippen molar-refractivity contribution in [2.24, 2.45) is 0 Å². The summed E-state index contributed by atoms with van der Waals surface area (Å²) in [7, 11) is 4.10. The molecule has 3 rings (SSSR count). The molecule has 0 aliphatic carbocycles. The van der Waals surface area contributed by atoms with E-state index in [4.69, 9.17) is 12.2 Å². The standard InChI is InChI=1S/C16H16N4S2/c1-19(2)13-4-3-5-15(10-13)22-14-8-6-12(7-9-14)20-11-17-18-16(20)21/h3-11H,1-2H3,(H,18,21). The second kappa shape index (κ2) is 6.37. The van der Waals surface area contributed by atoms with Crippen LogP contribution in [0.1, 0.15) is 0 Å². The van der Waals surface area contributed by atoms with Crippen molar-refractivity contribution in [2.75, 3.05) is 19.0 Å². The van der Waals surface area contributed by atoms with Gasteiger partial charge >= 0.3 is 0 Å². The average molecular weight is 328 g/mol. The van der Waals surface area contributed by atoms with E-state index in [1.54, 1.807) is 18.1 Å². The Morgan fingerprint density at radius 2 is 1.86 bits per heavy atom. The van der Waals surface area contributed by atoms with E-state index in [9.17, 15) is 0 Å². The monoisotopic (exact) mass is 328 g/mol. The lowest BCUT2D eigenvalue weighted by atomic mass is 10.3. The lowest BCUT2D eigenvalue weighted by Gasteiger charge is -2.13. The van der Waals surface area contributed by atoms with Crippen LogP contribution < -0.4 is 4.90 Å². The van der Waals surface area contributed by atoms with E-state index in [0.717, 1.165) is 5.69 Å². The van der Waals surface area contributed by atoms with Gasteiger partial charge in [0.1, 0.15) is 6.33 Å². The Hall–Kier alpha value is -2.05. The molecule has 0 saturated heterocycles. The fourth-order valence-electron chi connectivity index (χ4n) is 2.07. The molecule has 3 aromatic rings. The summed E-state index contributed by atoms with van der Waals surface area (Å²) in [6.07, 6.45) is 1.69. The van der Waals surface area contributed by atoms with E-state index in [0.29, 0.717) is 4.77 Å². The highest BCUT2D eigenvalue weighted by Gasteiger charge is 2.02. The minimum atomic E-state index is 0.596. The van der Waals surface area contributed by atoms with Crippen molar-refractivity contribution in [1.82, 2.24) is 14.8 Å². The zero-order chi connectivity index (χ0) is 15.5. The van der Waals surface area contributed by atoms with E-state index in [-0.39, 0.29) is 0 Å². The average Bonchev–Trinajstić information content (AvgIpc) is 2.94. The highest BCUT2D eigenvalue weighted by atomic mass is 32.2.